The second-order valence-corrected chi connectivity index (χ2v) is 17.3. The number of Topliss-reactive ketones (excluding diaryl/α,β-unsaturated/α-hetero) is 1. The van der Waals surface area contributed by atoms with E-state index in [2.05, 4.69) is 16.0 Å². The number of piperidine rings is 1. The van der Waals surface area contributed by atoms with E-state index in [0.29, 0.717) is 13.0 Å². The first-order valence-corrected chi connectivity index (χ1v) is 17.7. The largest absolute Gasteiger partial charge is 0.363 e. The number of nitrogens with zero attached hydrogens (tertiary/aromatic N) is 1. The minimum Gasteiger partial charge on any atom is -0.363 e. The maximum absolute atomic E-state index is 14.2. The second-order valence-electron chi connectivity index (χ2n) is 15.2. The molecule has 3 aliphatic rings. The van der Waals surface area contributed by atoms with Crippen LogP contribution in [0.25, 0.3) is 0 Å². The molecule has 5 N–H and O–H groups in total. The summed E-state index contributed by atoms with van der Waals surface area (Å²) in [6.45, 7) is 13.4. The summed E-state index contributed by atoms with van der Waals surface area (Å²) in [7, 11) is -3.71. The van der Waals surface area contributed by atoms with Crippen molar-refractivity contribution in [3.8, 4) is 0 Å². The van der Waals surface area contributed by atoms with Gasteiger partial charge in [0, 0.05) is 12.6 Å². The van der Waals surface area contributed by atoms with Crippen molar-refractivity contribution in [2.75, 3.05) is 12.3 Å². The van der Waals surface area contributed by atoms with Gasteiger partial charge in [0.2, 0.25) is 17.6 Å². The number of benzene rings is 1. The normalized spacial score (nSPS) is 23.9. The highest BCUT2D eigenvalue weighted by atomic mass is 32.2. The molecule has 3 fully saturated rings. The molecule has 2 aliphatic carbocycles. The fourth-order valence-corrected chi connectivity index (χ4v) is 8.38. The van der Waals surface area contributed by atoms with Crippen LogP contribution in [0.15, 0.2) is 35.2 Å². The number of hydrogen-bond acceptors (Lipinski definition) is 7. The highest BCUT2D eigenvalue weighted by molar-refractivity contribution is 7.91. The van der Waals surface area contributed by atoms with Crippen molar-refractivity contribution >= 4 is 39.4 Å². The van der Waals surface area contributed by atoms with Crippen LogP contribution in [0.2, 0.25) is 0 Å². The number of ketones is 1. The average Bonchev–Trinajstić information content (AvgIpc) is 3.81. The summed E-state index contributed by atoms with van der Waals surface area (Å²) in [6.07, 6.45) is 2.12. The van der Waals surface area contributed by atoms with E-state index < -0.39 is 69.0 Å². The van der Waals surface area contributed by atoms with Gasteiger partial charge >= 0.3 is 6.03 Å². The summed E-state index contributed by atoms with van der Waals surface area (Å²) in [5.74, 6) is -3.40. The van der Waals surface area contributed by atoms with Gasteiger partial charge in [-0.25, -0.2) is 13.2 Å². The van der Waals surface area contributed by atoms with Gasteiger partial charge in [0.05, 0.1) is 16.7 Å². The average molecular weight is 660 g/mol. The van der Waals surface area contributed by atoms with Crippen LogP contribution in [0.4, 0.5) is 4.79 Å². The van der Waals surface area contributed by atoms with Crippen molar-refractivity contribution in [1.29, 1.82) is 0 Å². The van der Waals surface area contributed by atoms with E-state index in [4.69, 9.17) is 5.73 Å². The van der Waals surface area contributed by atoms with Crippen molar-refractivity contribution in [1.82, 2.24) is 20.9 Å². The number of hydrogen-bond donors (Lipinski definition) is 4. The molecule has 2 saturated carbocycles. The minimum absolute atomic E-state index is 0.0453. The topological polar surface area (TPSA) is 185 Å². The van der Waals surface area contributed by atoms with E-state index in [1.807, 2.05) is 13.8 Å². The highest BCUT2D eigenvalue weighted by Crippen LogP contribution is 2.65. The van der Waals surface area contributed by atoms with E-state index in [0.717, 1.165) is 12.8 Å². The van der Waals surface area contributed by atoms with Crippen LogP contribution in [-0.2, 0) is 29.0 Å². The molecule has 1 aliphatic heterocycles. The van der Waals surface area contributed by atoms with Gasteiger partial charge in [-0.1, -0.05) is 79.5 Å². The predicted octanol–water partition coefficient (Wildman–Crippen LogP) is 2.02. The number of rotatable bonds is 13. The number of urea groups is 1. The van der Waals surface area contributed by atoms with E-state index in [1.54, 1.807) is 52.8 Å². The number of carbonyl (C=O) groups excluding carboxylic acids is 5. The summed E-state index contributed by atoms with van der Waals surface area (Å²) in [4.78, 5) is 67.4. The first-order valence-electron chi connectivity index (χ1n) is 16.0. The highest BCUT2D eigenvalue weighted by Gasteiger charge is 2.70. The summed E-state index contributed by atoms with van der Waals surface area (Å²) < 4.78 is 26.2. The minimum atomic E-state index is -3.71. The molecule has 13 heteroatoms. The molecule has 1 aromatic rings. The molecule has 0 spiro atoms. The van der Waals surface area contributed by atoms with Gasteiger partial charge in [0.1, 0.15) is 12.1 Å². The zero-order valence-electron chi connectivity index (χ0n) is 27.8. The number of fused-ring (bicyclic) bond motifs is 1. The number of carbonyl (C=O) groups is 5. The summed E-state index contributed by atoms with van der Waals surface area (Å²) in [6, 6.07) is 3.55. The molecule has 46 heavy (non-hydrogen) atoms. The van der Waals surface area contributed by atoms with Crippen molar-refractivity contribution in [3.05, 3.63) is 30.3 Å². The number of amides is 5. The second kappa shape index (κ2) is 13.0. The van der Waals surface area contributed by atoms with Gasteiger partial charge < -0.3 is 26.6 Å². The van der Waals surface area contributed by atoms with Crippen LogP contribution in [0.5, 0.6) is 0 Å². The van der Waals surface area contributed by atoms with Crippen LogP contribution in [0.3, 0.4) is 0 Å². The summed E-state index contributed by atoms with van der Waals surface area (Å²) in [5.41, 5.74) is 4.29. The van der Waals surface area contributed by atoms with Crippen molar-refractivity contribution in [2.24, 2.45) is 40.2 Å². The van der Waals surface area contributed by atoms with Crippen LogP contribution in [0.1, 0.15) is 67.7 Å². The molecule has 1 aromatic carbocycles. The molecule has 5 amide bonds. The fourth-order valence-electron chi connectivity index (χ4n) is 6.68. The number of likely N-dealkylation sites (tertiary alicyclic amines) is 1. The van der Waals surface area contributed by atoms with Gasteiger partial charge in [-0.15, -0.1) is 0 Å². The Morgan fingerprint density at radius 3 is 2.13 bits per heavy atom. The first-order chi connectivity index (χ1) is 21.3. The Morgan fingerprint density at radius 2 is 1.61 bits per heavy atom. The van der Waals surface area contributed by atoms with E-state index in [9.17, 15) is 32.4 Å². The Bertz CT molecular complexity index is 1470. The molecule has 0 aromatic heterocycles. The third-order valence-corrected chi connectivity index (χ3v) is 11.7. The summed E-state index contributed by atoms with van der Waals surface area (Å²) in [5, 5.41) is 8.29. The van der Waals surface area contributed by atoms with E-state index >= 15 is 0 Å². The number of sulfone groups is 1. The van der Waals surface area contributed by atoms with Gasteiger partial charge in [0.25, 0.3) is 5.91 Å². The number of nitrogens with one attached hydrogen (secondary N) is 3. The Balaban J connectivity index is 1.51. The molecular formula is C33H49N5O7S. The zero-order valence-corrected chi connectivity index (χ0v) is 28.6. The SMILES string of the molecule is CC(C)C(CS(=O)(=O)c1ccccc1)NC(=O)N[C@H](C(=O)N1C[C@H]2[C@@H]([C@H]1C(=O)NC(CC1CC1)C(=O)C(N)=O)C2(C)C)C(C)(C)C. The molecule has 2 unspecified atom stereocenters. The first kappa shape index (κ1) is 35.4. The Labute approximate surface area is 271 Å². The van der Waals surface area contributed by atoms with Crippen LogP contribution < -0.4 is 21.7 Å². The lowest BCUT2D eigenvalue weighted by molar-refractivity contribution is -0.145. The molecular weight excluding hydrogens is 610 g/mol. The smallest absolute Gasteiger partial charge is 0.315 e. The van der Waals surface area contributed by atoms with Gasteiger partial charge in [-0.2, -0.15) is 0 Å². The molecule has 1 saturated heterocycles. The maximum atomic E-state index is 14.2. The molecule has 1 heterocycles. The predicted molar refractivity (Wildman–Crippen MR) is 172 cm³/mol. The van der Waals surface area contributed by atoms with Crippen molar-refractivity contribution in [2.45, 2.75) is 96.8 Å². The van der Waals surface area contributed by atoms with Crippen molar-refractivity contribution < 1.29 is 32.4 Å². The Hall–Kier alpha value is -3.48. The molecule has 12 nitrogen and oxygen atoms in total. The quantitative estimate of drug-likeness (QED) is 0.233. The molecule has 0 bridgehead atoms. The van der Waals surface area contributed by atoms with Gasteiger partial charge in [0.15, 0.2) is 9.84 Å². The summed E-state index contributed by atoms with van der Waals surface area (Å²) >= 11 is 0. The third-order valence-electron chi connectivity index (χ3n) is 9.91. The van der Waals surface area contributed by atoms with Crippen LogP contribution in [-0.4, -0.2) is 79.3 Å². The van der Waals surface area contributed by atoms with E-state index in [1.165, 1.54) is 17.0 Å². The molecule has 4 rings (SSSR count). The van der Waals surface area contributed by atoms with Crippen LogP contribution in [0, 0.1) is 34.5 Å². The van der Waals surface area contributed by atoms with Crippen LogP contribution >= 0.6 is 0 Å². The standard InChI is InChI=1S/C33H49N5O7S/c1-18(2)23(17-46(44,45)20-11-9-8-10-12-20)36-31(43)37-27(32(3,4)5)30(42)38-16-21-24(33(21,6)7)25(38)29(41)35-22(15-19-13-14-19)26(39)28(34)40/h8-12,18-19,21-25,27H,13-17H2,1-7H3,(H2,34,40)(H,35,41)(H2,36,37,43)/t21-,22?,23?,24-,25-,27+/m0/s1. The van der Waals surface area contributed by atoms with E-state index in [-0.39, 0.29) is 39.7 Å². The maximum Gasteiger partial charge on any atom is 0.315 e. The number of primary amides is 1. The molecule has 254 valence electrons. The Morgan fingerprint density at radius 1 is 1.00 bits per heavy atom. The van der Waals surface area contributed by atoms with Crippen molar-refractivity contribution in [3.63, 3.8) is 0 Å². The lowest BCUT2D eigenvalue weighted by atomic mass is 9.85. The third kappa shape index (κ3) is 7.72. The lowest BCUT2D eigenvalue weighted by Crippen LogP contribution is -2.62. The lowest BCUT2D eigenvalue weighted by Gasteiger charge is -2.38. The number of nitrogens with two attached hydrogens (primary N) is 1. The fraction of sp³-hybridized carbons (Fsp3) is 0.667. The zero-order chi connectivity index (χ0) is 34.4. The van der Waals surface area contributed by atoms with Gasteiger partial charge in [-0.3, -0.25) is 19.2 Å². The molecule has 0 radical (unpaired) electrons. The Kier molecular flexibility index (Phi) is 9.97. The van der Waals surface area contributed by atoms with Gasteiger partial charge in [-0.05, 0) is 53.1 Å². The monoisotopic (exact) mass is 659 g/mol. The molecule has 6 atom stereocenters.